The van der Waals surface area contributed by atoms with Crippen molar-refractivity contribution in [3.8, 4) is 11.6 Å². The number of hydrogen-bond donors (Lipinski definition) is 0. The summed E-state index contributed by atoms with van der Waals surface area (Å²) in [7, 11) is 0. The van der Waals surface area contributed by atoms with Crippen LogP contribution in [0.5, 0.6) is 0 Å². The predicted octanol–water partition coefficient (Wildman–Crippen LogP) is 9.77. The molecule has 0 atom stereocenters. The van der Waals surface area contributed by atoms with E-state index < -0.39 is 0 Å². The third kappa shape index (κ3) is 2.69. The molecule has 0 radical (unpaired) electrons. The monoisotopic (exact) mass is 568 g/mol. The fraction of sp³-hybridized carbons (Fsp3) is 0. The van der Waals surface area contributed by atoms with E-state index in [1.165, 1.54) is 0 Å². The molecule has 0 spiro atoms. The van der Waals surface area contributed by atoms with E-state index in [0.717, 1.165) is 82.7 Å². The van der Waals surface area contributed by atoms with Gasteiger partial charge in [0.15, 0.2) is 0 Å². The number of rotatable bonds is 2. The van der Waals surface area contributed by atoms with Crippen molar-refractivity contribution in [2.45, 2.75) is 0 Å². The van der Waals surface area contributed by atoms with Gasteiger partial charge in [-0.25, -0.2) is 4.57 Å². The van der Waals surface area contributed by atoms with Crippen molar-refractivity contribution in [2.24, 2.45) is 0 Å². The highest BCUT2D eigenvalue weighted by Crippen LogP contribution is 2.41. The van der Waals surface area contributed by atoms with Crippen molar-refractivity contribution in [3.63, 3.8) is 0 Å². The van der Waals surface area contributed by atoms with E-state index >= 15 is 0 Å². The molecule has 6 aromatic heterocycles. The Morgan fingerprint density at radius 3 is 1.75 bits per heavy atom. The molecule has 0 bridgehead atoms. The Labute approximate surface area is 247 Å². The largest absolute Gasteiger partial charge is 0.439 e. The van der Waals surface area contributed by atoms with Gasteiger partial charge in [-0.05, 0) is 42.5 Å². The molecule has 6 heterocycles. The molecule has 0 aliphatic rings. The van der Waals surface area contributed by atoms with Crippen LogP contribution < -0.4 is 0 Å². The van der Waals surface area contributed by atoms with Gasteiger partial charge in [-0.15, -0.1) is 0 Å². The number of aromatic nitrogens is 4. The molecule has 44 heavy (non-hydrogen) atoms. The Morgan fingerprint density at radius 2 is 1.07 bits per heavy atom. The van der Waals surface area contributed by atoms with E-state index in [1.54, 1.807) is 0 Å². The number of hydrogen-bond acceptors (Lipinski definition) is 4. The van der Waals surface area contributed by atoms with Crippen LogP contribution in [0, 0.1) is 0 Å². The lowest BCUT2D eigenvalue weighted by Crippen LogP contribution is -1.94. The van der Waals surface area contributed by atoms with Crippen LogP contribution in [0.1, 0.15) is 0 Å². The van der Waals surface area contributed by atoms with E-state index in [-0.39, 0.29) is 0 Å². The summed E-state index contributed by atoms with van der Waals surface area (Å²) in [6.45, 7) is 0. The SMILES string of the molecule is c1ccc2c(c1)oc1c2c2ccccc2n1-c1ccc2nc3oc(-n4c5ccccc5c5c6ccccc6oc54)cn3c2c1. The summed E-state index contributed by atoms with van der Waals surface area (Å²) < 4.78 is 25.6. The number of nitrogens with zero attached hydrogens (tertiary/aromatic N) is 4. The first-order chi connectivity index (χ1) is 21.8. The third-order valence-electron chi connectivity index (χ3n) is 8.94. The highest BCUT2D eigenvalue weighted by Gasteiger charge is 2.23. The van der Waals surface area contributed by atoms with Gasteiger partial charge >= 0.3 is 5.84 Å². The minimum absolute atomic E-state index is 0.514. The lowest BCUT2D eigenvalue weighted by atomic mass is 10.1. The van der Waals surface area contributed by atoms with E-state index in [1.807, 2.05) is 57.6 Å². The first kappa shape index (κ1) is 22.4. The zero-order chi connectivity index (χ0) is 28.5. The number of para-hydroxylation sites is 4. The molecule has 5 aromatic carbocycles. The van der Waals surface area contributed by atoms with Crippen molar-refractivity contribution in [1.29, 1.82) is 0 Å². The first-order valence-corrected chi connectivity index (χ1v) is 14.6. The summed E-state index contributed by atoms with van der Waals surface area (Å²) in [5.41, 5.74) is 8.17. The van der Waals surface area contributed by atoms with Gasteiger partial charge in [-0.1, -0.05) is 72.8 Å². The van der Waals surface area contributed by atoms with Crippen LogP contribution in [0.3, 0.4) is 0 Å². The fourth-order valence-electron chi connectivity index (χ4n) is 7.08. The second-order valence-electron chi connectivity index (χ2n) is 11.3. The van der Waals surface area contributed by atoms with Crippen molar-refractivity contribution in [3.05, 3.63) is 121 Å². The van der Waals surface area contributed by atoms with E-state index in [2.05, 4.69) is 77.4 Å². The molecule has 0 amide bonds. The van der Waals surface area contributed by atoms with Crippen LogP contribution in [0.15, 0.2) is 135 Å². The number of benzene rings is 5. The van der Waals surface area contributed by atoms with Gasteiger partial charge in [-0.2, -0.15) is 4.98 Å². The number of imidazole rings is 1. The zero-order valence-electron chi connectivity index (χ0n) is 23.1. The van der Waals surface area contributed by atoms with Crippen LogP contribution in [-0.4, -0.2) is 18.5 Å². The Hall–Kier alpha value is -6.21. The standard InChI is InChI=1S/C37H20N4O3/c1-5-13-27-22(9-1)33-24-11-3-7-15-30(24)42-35(33)40(27)21-17-18-26-29(19-21)39-20-32(44-37(39)38-26)41-28-14-6-2-10-23(28)34-25-12-4-8-16-31(25)43-36(34)41/h1-20H. The summed E-state index contributed by atoms with van der Waals surface area (Å²) in [6, 6.07) is 39.4. The molecule has 0 aliphatic heterocycles. The van der Waals surface area contributed by atoms with Crippen molar-refractivity contribution in [2.75, 3.05) is 0 Å². The van der Waals surface area contributed by atoms with Crippen LogP contribution in [-0.2, 0) is 0 Å². The quantitative estimate of drug-likeness (QED) is 0.208. The highest BCUT2D eigenvalue weighted by atomic mass is 16.4. The Morgan fingerprint density at radius 1 is 0.500 bits per heavy atom. The molecule has 0 aliphatic carbocycles. The number of oxazole rings is 1. The molecule has 11 aromatic rings. The van der Waals surface area contributed by atoms with Gasteiger partial charge < -0.3 is 13.3 Å². The van der Waals surface area contributed by atoms with Gasteiger partial charge in [-0.3, -0.25) is 8.97 Å². The fourth-order valence-corrected chi connectivity index (χ4v) is 7.08. The molecular weight excluding hydrogens is 548 g/mol. The highest BCUT2D eigenvalue weighted by molar-refractivity contribution is 6.21. The van der Waals surface area contributed by atoms with Gasteiger partial charge in [0.2, 0.25) is 17.3 Å². The third-order valence-corrected chi connectivity index (χ3v) is 8.94. The average molecular weight is 569 g/mol. The smallest absolute Gasteiger partial charge is 0.308 e. The summed E-state index contributed by atoms with van der Waals surface area (Å²) in [5, 5.41) is 6.66. The molecule has 11 rings (SSSR count). The average Bonchev–Trinajstić information content (AvgIpc) is 3.88. The van der Waals surface area contributed by atoms with Gasteiger partial charge in [0, 0.05) is 21.5 Å². The molecule has 0 fully saturated rings. The normalized spacial score (nSPS) is 12.5. The van der Waals surface area contributed by atoms with Crippen LogP contribution in [0.2, 0.25) is 0 Å². The van der Waals surface area contributed by atoms with Crippen LogP contribution >= 0.6 is 0 Å². The number of furan rings is 2. The molecule has 0 N–H and O–H groups in total. The topological polar surface area (TPSA) is 66.6 Å². The molecule has 7 heteroatoms. The van der Waals surface area contributed by atoms with Crippen LogP contribution in [0.4, 0.5) is 0 Å². The van der Waals surface area contributed by atoms with Crippen molar-refractivity contribution in [1.82, 2.24) is 18.5 Å². The van der Waals surface area contributed by atoms with Gasteiger partial charge in [0.25, 0.3) is 0 Å². The van der Waals surface area contributed by atoms with E-state index in [0.29, 0.717) is 11.7 Å². The minimum atomic E-state index is 0.514. The zero-order valence-corrected chi connectivity index (χ0v) is 23.1. The van der Waals surface area contributed by atoms with Crippen molar-refractivity contribution < 1.29 is 13.3 Å². The molecule has 0 saturated heterocycles. The maximum atomic E-state index is 6.47. The van der Waals surface area contributed by atoms with Gasteiger partial charge in [0.05, 0.1) is 44.7 Å². The summed E-state index contributed by atoms with van der Waals surface area (Å²) >= 11 is 0. The predicted molar refractivity (Wildman–Crippen MR) is 173 cm³/mol. The second-order valence-corrected chi connectivity index (χ2v) is 11.3. The maximum absolute atomic E-state index is 6.47. The molecule has 206 valence electrons. The first-order valence-electron chi connectivity index (χ1n) is 14.6. The van der Waals surface area contributed by atoms with Crippen LogP contribution in [0.25, 0.3) is 94.4 Å². The van der Waals surface area contributed by atoms with E-state index in [9.17, 15) is 0 Å². The molecule has 0 saturated carbocycles. The number of fused-ring (bicyclic) bond motifs is 13. The van der Waals surface area contributed by atoms with Gasteiger partial charge in [0.1, 0.15) is 11.2 Å². The van der Waals surface area contributed by atoms with Crippen molar-refractivity contribution >= 4 is 82.8 Å². The Kier molecular flexibility index (Phi) is 3.96. The Bertz CT molecular complexity index is 2960. The molecule has 7 nitrogen and oxygen atoms in total. The summed E-state index contributed by atoms with van der Waals surface area (Å²) in [6.07, 6.45) is 2.00. The second kappa shape index (κ2) is 7.79. The molecular formula is C37H20N4O3. The summed E-state index contributed by atoms with van der Waals surface area (Å²) in [4.78, 5) is 4.85. The lowest BCUT2D eigenvalue weighted by Gasteiger charge is -2.06. The Balaban J connectivity index is 1.17. The minimum Gasteiger partial charge on any atom is -0.439 e. The summed E-state index contributed by atoms with van der Waals surface area (Å²) in [5.74, 6) is 1.15. The molecule has 0 unspecified atom stereocenters. The maximum Gasteiger partial charge on any atom is 0.308 e. The lowest BCUT2D eigenvalue weighted by molar-refractivity contribution is 0.558. The van der Waals surface area contributed by atoms with E-state index in [4.69, 9.17) is 18.2 Å².